The highest BCUT2D eigenvalue weighted by Crippen LogP contribution is 2.13. The van der Waals surface area contributed by atoms with Crippen LogP contribution in [0.25, 0.3) is 0 Å². The minimum atomic E-state index is 0.785. The Labute approximate surface area is 183 Å². The third-order valence-corrected chi connectivity index (χ3v) is 4.84. The Balaban J connectivity index is 1.60. The van der Waals surface area contributed by atoms with Crippen LogP contribution in [-0.4, -0.2) is 37.0 Å². The number of benzene rings is 2. The molecule has 0 aliphatic carbocycles. The highest BCUT2D eigenvalue weighted by molar-refractivity contribution is 7.81. The van der Waals surface area contributed by atoms with Gasteiger partial charge in [0, 0.05) is 22.8 Å². The smallest absolute Gasteiger partial charge is 0.118 e. The number of hydrogen-bond donors (Lipinski definition) is 2. The molecule has 2 N–H and O–H groups in total. The average Bonchev–Trinajstić information content (AvgIpc) is 2.77. The molecule has 2 aromatic rings. The van der Waals surface area contributed by atoms with Gasteiger partial charge >= 0.3 is 0 Å². The Bertz CT molecular complexity index is 773. The molecule has 29 heavy (non-hydrogen) atoms. The quantitative estimate of drug-likeness (QED) is 0.226. The van der Waals surface area contributed by atoms with E-state index in [0.29, 0.717) is 0 Å². The van der Waals surface area contributed by atoms with Crippen molar-refractivity contribution >= 4 is 34.2 Å². The van der Waals surface area contributed by atoms with E-state index in [4.69, 9.17) is 33.9 Å². The molecular weight excluding hydrogens is 400 g/mol. The van der Waals surface area contributed by atoms with Gasteiger partial charge in [0.25, 0.3) is 0 Å². The van der Waals surface area contributed by atoms with Crippen molar-refractivity contribution in [1.29, 1.82) is 0 Å². The molecule has 6 heteroatoms. The molecule has 0 fully saturated rings. The van der Waals surface area contributed by atoms with E-state index in [0.717, 1.165) is 51.9 Å². The summed E-state index contributed by atoms with van der Waals surface area (Å²) in [6.45, 7) is 1.71. The van der Waals surface area contributed by atoms with Crippen LogP contribution in [0.4, 0.5) is 0 Å². The number of ether oxygens (including phenoxy) is 2. The number of hydrogen-bond acceptors (Lipinski definition) is 6. The average molecular weight is 427 g/mol. The molecule has 4 nitrogen and oxygen atoms in total. The Morgan fingerprint density at radius 2 is 1.10 bits per heavy atom. The highest BCUT2D eigenvalue weighted by Gasteiger charge is 1.98. The van der Waals surface area contributed by atoms with E-state index in [1.54, 1.807) is 14.2 Å². The predicted octanol–water partition coefficient (Wildman–Crippen LogP) is 4.44. The van der Waals surface area contributed by atoms with E-state index in [1.165, 1.54) is 0 Å². The standard InChI is InChI=1S/C23H26N2O2S2/c1-26-20-8-4-18(5-9-20)22(28)12-16-24-14-3-15-25-17-13-23(29)19-6-10-21(27-2)11-7-19/h4-13,16-17,24-25H,3,14-15H2,1-2H3/b16-12-,17-13-. The van der Waals surface area contributed by atoms with Gasteiger partial charge in [-0.15, -0.1) is 0 Å². The zero-order chi connectivity index (χ0) is 20.9. The maximum absolute atomic E-state index is 5.41. The molecule has 0 saturated heterocycles. The monoisotopic (exact) mass is 426 g/mol. The van der Waals surface area contributed by atoms with E-state index in [-0.39, 0.29) is 0 Å². The summed E-state index contributed by atoms with van der Waals surface area (Å²) in [4.78, 5) is 1.57. The number of nitrogens with one attached hydrogen (secondary N) is 2. The summed E-state index contributed by atoms with van der Waals surface area (Å²) < 4.78 is 10.3. The van der Waals surface area contributed by atoms with Gasteiger partial charge in [-0.2, -0.15) is 0 Å². The fourth-order valence-corrected chi connectivity index (χ4v) is 2.84. The van der Waals surface area contributed by atoms with Crippen LogP contribution < -0.4 is 20.1 Å². The normalized spacial score (nSPS) is 10.8. The lowest BCUT2D eigenvalue weighted by atomic mass is 10.1. The number of rotatable bonds is 12. The summed E-state index contributed by atoms with van der Waals surface area (Å²) >= 11 is 10.8. The Kier molecular flexibility index (Phi) is 9.89. The van der Waals surface area contributed by atoms with Crippen molar-refractivity contribution in [2.24, 2.45) is 0 Å². The summed E-state index contributed by atoms with van der Waals surface area (Å²) in [5, 5.41) is 6.50. The highest BCUT2D eigenvalue weighted by atomic mass is 32.1. The second-order valence-corrected chi connectivity index (χ2v) is 6.99. The third kappa shape index (κ3) is 8.05. The van der Waals surface area contributed by atoms with Crippen LogP contribution in [0.3, 0.4) is 0 Å². The number of allylic oxidation sites excluding steroid dienone is 2. The second-order valence-electron chi connectivity index (χ2n) is 6.11. The Morgan fingerprint density at radius 3 is 1.45 bits per heavy atom. The molecule has 0 spiro atoms. The third-order valence-electron chi connectivity index (χ3n) is 4.10. The van der Waals surface area contributed by atoms with Crippen molar-refractivity contribution in [3.63, 3.8) is 0 Å². The summed E-state index contributed by atoms with van der Waals surface area (Å²) in [5.41, 5.74) is 2.00. The van der Waals surface area contributed by atoms with Gasteiger partial charge < -0.3 is 20.1 Å². The van der Waals surface area contributed by atoms with Gasteiger partial charge in [0.15, 0.2) is 0 Å². The van der Waals surface area contributed by atoms with E-state index in [1.807, 2.05) is 73.1 Å². The van der Waals surface area contributed by atoms with Gasteiger partial charge in [-0.05, 0) is 90.6 Å². The molecule has 0 aliphatic rings. The largest absolute Gasteiger partial charge is 0.497 e. The number of methoxy groups -OCH3 is 2. The van der Waals surface area contributed by atoms with Crippen LogP contribution in [0.1, 0.15) is 17.5 Å². The first-order chi connectivity index (χ1) is 14.1. The predicted molar refractivity (Wildman–Crippen MR) is 128 cm³/mol. The maximum Gasteiger partial charge on any atom is 0.118 e. The van der Waals surface area contributed by atoms with Crippen molar-refractivity contribution in [3.8, 4) is 11.5 Å². The Morgan fingerprint density at radius 1 is 0.724 bits per heavy atom. The number of thiocarbonyl (C=S) groups is 2. The molecule has 0 radical (unpaired) electrons. The molecule has 0 atom stereocenters. The van der Waals surface area contributed by atoms with Crippen LogP contribution in [0.5, 0.6) is 11.5 Å². The lowest BCUT2D eigenvalue weighted by Crippen LogP contribution is -2.15. The molecule has 0 heterocycles. The molecule has 2 aromatic carbocycles. The van der Waals surface area contributed by atoms with Crippen LogP contribution in [0.15, 0.2) is 73.1 Å². The van der Waals surface area contributed by atoms with Crippen molar-refractivity contribution in [2.75, 3.05) is 27.3 Å². The molecule has 152 valence electrons. The van der Waals surface area contributed by atoms with Gasteiger partial charge in [-0.25, -0.2) is 0 Å². The first-order valence-corrected chi connectivity index (χ1v) is 10.1. The van der Waals surface area contributed by atoms with Crippen molar-refractivity contribution in [1.82, 2.24) is 10.6 Å². The van der Waals surface area contributed by atoms with Crippen LogP contribution in [0.2, 0.25) is 0 Å². The summed E-state index contributed by atoms with van der Waals surface area (Å²) in [7, 11) is 3.30. The van der Waals surface area contributed by atoms with Gasteiger partial charge in [-0.1, -0.05) is 24.4 Å². The summed E-state index contributed by atoms with van der Waals surface area (Å²) in [6, 6.07) is 15.4. The SMILES string of the molecule is COc1ccc(C(=S)/C=C\NCCCN/C=C\C(=S)c2ccc(OC)cc2)cc1. The lowest BCUT2D eigenvalue weighted by Gasteiger charge is -2.04. The van der Waals surface area contributed by atoms with E-state index >= 15 is 0 Å². The first-order valence-electron chi connectivity index (χ1n) is 9.30. The fraction of sp³-hybridized carbons (Fsp3) is 0.217. The first kappa shape index (κ1) is 22.6. The van der Waals surface area contributed by atoms with E-state index < -0.39 is 0 Å². The maximum atomic E-state index is 5.41. The summed E-state index contributed by atoms with van der Waals surface area (Å²) in [6.07, 6.45) is 8.55. The molecule has 0 bridgehead atoms. The molecule has 0 unspecified atom stereocenters. The van der Waals surface area contributed by atoms with Gasteiger partial charge in [0.1, 0.15) is 11.5 Å². The van der Waals surface area contributed by atoms with E-state index in [2.05, 4.69) is 10.6 Å². The van der Waals surface area contributed by atoms with Gasteiger partial charge in [0.05, 0.1) is 14.2 Å². The Hall–Kier alpha value is -2.70. The second kappa shape index (κ2) is 12.7. The minimum Gasteiger partial charge on any atom is -0.497 e. The zero-order valence-electron chi connectivity index (χ0n) is 16.7. The molecule has 0 amide bonds. The van der Waals surface area contributed by atoms with Gasteiger partial charge in [-0.3, -0.25) is 0 Å². The fourth-order valence-electron chi connectivity index (χ4n) is 2.43. The van der Waals surface area contributed by atoms with Crippen molar-refractivity contribution in [2.45, 2.75) is 6.42 Å². The molecule has 0 aliphatic heterocycles. The van der Waals surface area contributed by atoms with Crippen LogP contribution in [-0.2, 0) is 0 Å². The topological polar surface area (TPSA) is 42.5 Å². The van der Waals surface area contributed by atoms with E-state index in [9.17, 15) is 0 Å². The molecule has 0 saturated carbocycles. The molecular formula is C23H26N2O2S2. The van der Waals surface area contributed by atoms with Crippen molar-refractivity contribution in [3.05, 3.63) is 84.2 Å². The molecule has 0 aromatic heterocycles. The molecule has 2 rings (SSSR count). The summed E-state index contributed by atoms with van der Waals surface area (Å²) in [5.74, 6) is 1.65. The van der Waals surface area contributed by atoms with Crippen molar-refractivity contribution < 1.29 is 9.47 Å². The lowest BCUT2D eigenvalue weighted by molar-refractivity contribution is 0.414. The minimum absolute atomic E-state index is 0.785. The van der Waals surface area contributed by atoms with Crippen LogP contribution in [0, 0.1) is 0 Å². The van der Waals surface area contributed by atoms with Crippen LogP contribution >= 0.6 is 24.4 Å². The zero-order valence-corrected chi connectivity index (χ0v) is 18.3. The van der Waals surface area contributed by atoms with Gasteiger partial charge in [0.2, 0.25) is 0 Å².